The predicted molar refractivity (Wildman–Crippen MR) is 49.9 cm³/mol. The highest BCUT2D eigenvalue weighted by atomic mass is 19.1. The average molecular weight is 183 g/mol. The molecule has 0 radical (unpaired) electrons. The van der Waals surface area contributed by atoms with Crippen molar-refractivity contribution < 1.29 is 9.13 Å². The van der Waals surface area contributed by atoms with Crippen molar-refractivity contribution in [2.45, 2.75) is 13.0 Å². The van der Waals surface area contributed by atoms with E-state index in [1.54, 1.807) is 20.1 Å². The number of hydrogen-bond donors (Lipinski definition) is 1. The molecule has 0 bridgehead atoms. The summed E-state index contributed by atoms with van der Waals surface area (Å²) >= 11 is 0. The van der Waals surface area contributed by atoms with Gasteiger partial charge < -0.3 is 10.5 Å². The number of aryl methyl sites for hydroxylation is 1. The number of rotatable bonds is 3. The summed E-state index contributed by atoms with van der Waals surface area (Å²) in [6, 6.07) is 5.03. The van der Waals surface area contributed by atoms with E-state index in [4.69, 9.17) is 10.5 Å². The van der Waals surface area contributed by atoms with Gasteiger partial charge in [0.1, 0.15) is 5.82 Å². The monoisotopic (exact) mass is 183 g/mol. The minimum absolute atomic E-state index is 0.213. The SMILES string of the molecule is COC(CN)c1ccc(C)c(F)c1. The van der Waals surface area contributed by atoms with Crippen LogP contribution in [0.5, 0.6) is 0 Å². The number of nitrogens with two attached hydrogens (primary N) is 1. The zero-order valence-electron chi connectivity index (χ0n) is 7.88. The predicted octanol–water partition coefficient (Wildman–Crippen LogP) is 1.78. The topological polar surface area (TPSA) is 35.2 Å². The van der Waals surface area contributed by atoms with Crippen molar-refractivity contribution in [3.8, 4) is 0 Å². The Bertz CT molecular complexity index is 284. The average Bonchev–Trinajstić information content (AvgIpc) is 2.13. The van der Waals surface area contributed by atoms with E-state index in [1.807, 2.05) is 6.07 Å². The van der Waals surface area contributed by atoms with Crippen molar-refractivity contribution in [3.63, 3.8) is 0 Å². The second kappa shape index (κ2) is 4.35. The summed E-state index contributed by atoms with van der Waals surface area (Å²) in [5.74, 6) is -0.215. The molecular formula is C10H14FNO. The van der Waals surface area contributed by atoms with Gasteiger partial charge in [-0.15, -0.1) is 0 Å². The highest BCUT2D eigenvalue weighted by Gasteiger charge is 2.09. The number of ether oxygens (including phenoxy) is 1. The molecule has 13 heavy (non-hydrogen) atoms. The molecule has 2 nitrogen and oxygen atoms in total. The lowest BCUT2D eigenvalue weighted by Crippen LogP contribution is -2.14. The van der Waals surface area contributed by atoms with Gasteiger partial charge >= 0.3 is 0 Å². The van der Waals surface area contributed by atoms with Crippen LogP contribution in [0.2, 0.25) is 0 Å². The Morgan fingerprint density at radius 1 is 1.54 bits per heavy atom. The fourth-order valence-corrected chi connectivity index (χ4v) is 1.18. The Hall–Kier alpha value is -0.930. The van der Waals surface area contributed by atoms with E-state index in [0.29, 0.717) is 12.1 Å². The lowest BCUT2D eigenvalue weighted by atomic mass is 10.1. The van der Waals surface area contributed by atoms with Crippen LogP contribution in [0.1, 0.15) is 17.2 Å². The third-order valence-corrected chi connectivity index (χ3v) is 2.07. The van der Waals surface area contributed by atoms with Crippen LogP contribution in [-0.2, 0) is 4.74 Å². The molecule has 0 aromatic heterocycles. The molecule has 72 valence electrons. The summed E-state index contributed by atoms with van der Waals surface area (Å²) in [5, 5.41) is 0. The Balaban J connectivity index is 2.95. The van der Waals surface area contributed by atoms with Crippen LogP contribution in [0.4, 0.5) is 4.39 Å². The van der Waals surface area contributed by atoms with Crippen LogP contribution < -0.4 is 5.73 Å². The molecule has 0 heterocycles. The molecule has 1 unspecified atom stereocenters. The van der Waals surface area contributed by atoms with E-state index in [0.717, 1.165) is 5.56 Å². The van der Waals surface area contributed by atoms with Crippen LogP contribution in [0.15, 0.2) is 18.2 Å². The quantitative estimate of drug-likeness (QED) is 0.775. The third kappa shape index (κ3) is 2.26. The number of hydrogen-bond acceptors (Lipinski definition) is 2. The molecule has 2 N–H and O–H groups in total. The van der Waals surface area contributed by atoms with Gasteiger partial charge in [0.15, 0.2) is 0 Å². The van der Waals surface area contributed by atoms with Gasteiger partial charge in [-0.1, -0.05) is 12.1 Å². The molecular weight excluding hydrogens is 169 g/mol. The fourth-order valence-electron chi connectivity index (χ4n) is 1.18. The van der Waals surface area contributed by atoms with Gasteiger partial charge in [0.2, 0.25) is 0 Å². The van der Waals surface area contributed by atoms with Gasteiger partial charge in [-0.05, 0) is 24.1 Å². The summed E-state index contributed by atoms with van der Waals surface area (Å²) in [5.41, 5.74) is 6.88. The maximum atomic E-state index is 13.1. The van der Waals surface area contributed by atoms with E-state index in [2.05, 4.69) is 0 Å². The second-order valence-corrected chi connectivity index (χ2v) is 2.97. The van der Waals surface area contributed by atoms with Crippen LogP contribution in [0.25, 0.3) is 0 Å². The van der Waals surface area contributed by atoms with Crippen LogP contribution in [-0.4, -0.2) is 13.7 Å². The van der Waals surface area contributed by atoms with Crippen LogP contribution >= 0.6 is 0 Å². The minimum atomic E-state index is -0.215. The van der Waals surface area contributed by atoms with E-state index in [1.165, 1.54) is 6.07 Å². The van der Waals surface area contributed by atoms with Gasteiger partial charge in [0, 0.05) is 13.7 Å². The fraction of sp³-hybridized carbons (Fsp3) is 0.400. The summed E-state index contributed by atoms with van der Waals surface area (Å²) in [6.07, 6.45) is -0.213. The maximum Gasteiger partial charge on any atom is 0.126 e. The smallest absolute Gasteiger partial charge is 0.126 e. The first-order valence-corrected chi connectivity index (χ1v) is 4.18. The molecule has 0 saturated carbocycles. The van der Waals surface area contributed by atoms with Crippen molar-refractivity contribution in [1.29, 1.82) is 0 Å². The van der Waals surface area contributed by atoms with Crippen LogP contribution in [0.3, 0.4) is 0 Å². The Kier molecular flexibility index (Phi) is 3.39. The number of methoxy groups -OCH3 is 1. The van der Waals surface area contributed by atoms with E-state index < -0.39 is 0 Å². The molecule has 1 atom stereocenters. The molecule has 1 rings (SSSR count). The lowest BCUT2D eigenvalue weighted by molar-refractivity contribution is 0.110. The molecule has 0 aliphatic rings. The van der Waals surface area contributed by atoms with Crippen molar-refractivity contribution in [2.75, 3.05) is 13.7 Å². The first-order valence-electron chi connectivity index (χ1n) is 4.18. The molecule has 0 saturated heterocycles. The zero-order chi connectivity index (χ0) is 9.84. The van der Waals surface area contributed by atoms with Crippen molar-refractivity contribution >= 4 is 0 Å². The van der Waals surface area contributed by atoms with Crippen molar-refractivity contribution in [3.05, 3.63) is 35.1 Å². The molecule has 0 aliphatic heterocycles. The highest BCUT2D eigenvalue weighted by Crippen LogP contribution is 2.17. The molecule has 0 fully saturated rings. The first-order chi connectivity index (χ1) is 6.19. The summed E-state index contributed by atoms with van der Waals surface area (Å²) < 4.78 is 18.2. The number of benzene rings is 1. The lowest BCUT2D eigenvalue weighted by Gasteiger charge is -2.13. The molecule has 1 aromatic rings. The highest BCUT2D eigenvalue weighted by molar-refractivity contribution is 5.25. The molecule has 1 aromatic carbocycles. The van der Waals surface area contributed by atoms with Crippen molar-refractivity contribution in [1.82, 2.24) is 0 Å². The van der Waals surface area contributed by atoms with Gasteiger partial charge in [0.05, 0.1) is 6.10 Å². The summed E-state index contributed by atoms with van der Waals surface area (Å²) in [6.45, 7) is 2.09. The van der Waals surface area contributed by atoms with E-state index in [9.17, 15) is 4.39 Å². The number of halogens is 1. The Labute approximate surface area is 77.5 Å². The molecule has 3 heteroatoms. The Morgan fingerprint density at radius 2 is 2.23 bits per heavy atom. The zero-order valence-corrected chi connectivity index (χ0v) is 7.88. The third-order valence-electron chi connectivity index (χ3n) is 2.07. The van der Waals surface area contributed by atoms with Crippen molar-refractivity contribution in [2.24, 2.45) is 5.73 Å². The molecule has 0 amide bonds. The maximum absolute atomic E-state index is 13.1. The summed E-state index contributed by atoms with van der Waals surface area (Å²) in [4.78, 5) is 0. The minimum Gasteiger partial charge on any atom is -0.375 e. The standard InChI is InChI=1S/C10H14FNO/c1-7-3-4-8(5-9(7)11)10(6-12)13-2/h3-5,10H,6,12H2,1-2H3. The first kappa shape index (κ1) is 10.2. The second-order valence-electron chi connectivity index (χ2n) is 2.97. The normalized spacial score (nSPS) is 12.9. The van der Waals surface area contributed by atoms with E-state index in [-0.39, 0.29) is 11.9 Å². The summed E-state index contributed by atoms with van der Waals surface area (Å²) in [7, 11) is 1.56. The molecule has 0 aliphatic carbocycles. The van der Waals surface area contributed by atoms with E-state index >= 15 is 0 Å². The largest absolute Gasteiger partial charge is 0.375 e. The van der Waals surface area contributed by atoms with Gasteiger partial charge in [0.25, 0.3) is 0 Å². The van der Waals surface area contributed by atoms with Gasteiger partial charge in [-0.2, -0.15) is 0 Å². The van der Waals surface area contributed by atoms with Gasteiger partial charge in [-0.25, -0.2) is 4.39 Å². The van der Waals surface area contributed by atoms with Crippen LogP contribution in [0, 0.1) is 12.7 Å². The Morgan fingerprint density at radius 3 is 2.69 bits per heavy atom. The van der Waals surface area contributed by atoms with Gasteiger partial charge in [-0.3, -0.25) is 0 Å². The molecule has 0 spiro atoms.